The summed E-state index contributed by atoms with van der Waals surface area (Å²) in [6, 6.07) is 0. The maximum absolute atomic E-state index is 9.88. The van der Waals surface area contributed by atoms with Crippen molar-refractivity contribution in [2.45, 2.75) is 0 Å². The molecule has 0 aromatic rings. The molecule has 2 N–H and O–H groups in total. The highest BCUT2D eigenvalue weighted by Crippen LogP contribution is 1.70. The van der Waals surface area contributed by atoms with Gasteiger partial charge in [0.1, 0.15) is 11.1 Å². The van der Waals surface area contributed by atoms with Crippen molar-refractivity contribution in [3.8, 4) is 0 Å². The number of hydrogen-bond donors (Lipinski definition) is 2. The zero-order chi connectivity index (χ0) is 5.91. The van der Waals surface area contributed by atoms with Crippen molar-refractivity contribution in [1.82, 2.24) is 0 Å². The Bertz CT molecular complexity index is 154. The standard InChI is InChI=1S/C2H4N2O2S/c3-1-7(5,6)2-4/h1-4H. The van der Waals surface area contributed by atoms with E-state index in [1.807, 2.05) is 0 Å². The van der Waals surface area contributed by atoms with E-state index in [0.717, 1.165) is 0 Å². The lowest BCUT2D eigenvalue weighted by atomic mass is 11.7. The molecule has 0 rings (SSSR count). The van der Waals surface area contributed by atoms with Crippen LogP contribution in [0.15, 0.2) is 0 Å². The Hall–Kier alpha value is -0.710. The van der Waals surface area contributed by atoms with Crippen LogP contribution in [0, 0.1) is 10.8 Å². The van der Waals surface area contributed by atoms with Gasteiger partial charge in [-0.15, -0.1) is 0 Å². The molecule has 4 nitrogen and oxygen atoms in total. The molecule has 0 aromatic heterocycles. The molecule has 0 aromatic carbocycles. The van der Waals surface area contributed by atoms with E-state index in [0.29, 0.717) is 0 Å². The lowest BCUT2D eigenvalue weighted by Crippen LogP contribution is -1.98. The fourth-order valence-electron chi connectivity index (χ4n) is 0.0340. The molecule has 0 atom stereocenters. The minimum absolute atomic E-state index is 0.222. The maximum Gasteiger partial charge on any atom is 0.225 e. The first-order valence-corrected chi connectivity index (χ1v) is 2.99. The van der Waals surface area contributed by atoms with Crippen molar-refractivity contribution < 1.29 is 8.42 Å². The predicted molar refractivity (Wildman–Crippen MR) is 26.5 cm³/mol. The Morgan fingerprint density at radius 2 is 1.43 bits per heavy atom. The summed E-state index contributed by atoms with van der Waals surface area (Å²) in [5.74, 6) is 0. The molecule has 40 valence electrons. The van der Waals surface area contributed by atoms with Crippen molar-refractivity contribution in [2.24, 2.45) is 0 Å². The van der Waals surface area contributed by atoms with Gasteiger partial charge >= 0.3 is 0 Å². The van der Waals surface area contributed by atoms with Crippen LogP contribution in [-0.2, 0) is 9.84 Å². The monoisotopic (exact) mass is 120 g/mol. The van der Waals surface area contributed by atoms with Gasteiger partial charge in [-0.05, 0) is 0 Å². The third kappa shape index (κ3) is 2.05. The first-order valence-electron chi connectivity index (χ1n) is 1.38. The number of hydrogen-bond acceptors (Lipinski definition) is 4. The predicted octanol–water partition coefficient (Wildman–Crippen LogP) is -0.385. The molecule has 0 saturated carbocycles. The van der Waals surface area contributed by atoms with Crippen molar-refractivity contribution in [1.29, 1.82) is 10.8 Å². The van der Waals surface area contributed by atoms with E-state index in [9.17, 15) is 8.42 Å². The number of nitrogens with one attached hydrogen (secondary N) is 2. The molecule has 0 fully saturated rings. The van der Waals surface area contributed by atoms with E-state index in [1.165, 1.54) is 0 Å². The van der Waals surface area contributed by atoms with Gasteiger partial charge in [0.05, 0.1) is 0 Å². The fourth-order valence-corrected chi connectivity index (χ4v) is 0.102. The van der Waals surface area contributed by atoms with Crippen molar-refractivity contribution >= 4 is 20.9 Å². The Morgan fingerprint density at radius 1 is 1.14 bits per heavy atom. The average molecular weight is 120 g/mol. The zero-order valence-corrected chi connectivity index (χ0v) is 4.20. The first kappa shape index (κ1) is 6.29. The molecule has 0 amide bonds. The summed E-state index contributed by atoms with van der Waals surface area (Å²) in [6.07, 6.45) is 0. The quantitative estimate of drug-likeness (QED) is 0.384. The van der Waals surface area contributed by atoms with Crippen molar-refractivity contribution in [2.75, 3.05) is 0 Å². The molecule has 7 heavy (non-hydrogen) atoms. The van der Waals surface area contributed by atoms with Crippen LogP contribution in [0.1, 0.15) is 0 Å². The van der Waals surface area contributed by atoms with Crippen LogP contribution in [0.25, 0.3) is 0 Å². The Balaban J connectivity index is 4.49. The molecule has 0 radical (unpaired) electrons. The second-order valence-electron chi connectivity index (χ2n) is 0.825. The molecule has 5 heteroatoms. The molecule has 0 aliphatic carbocycles. The van der Waals surface area contributed by atoms with E-state index >= 15 is 0 Å². The summed E-state index contributed by atoms with van der Waals surface area (Å²) in [4.78, 5) is 0. The zero-order valence-electron chi connectivity index (χ0n) is 3.38. The summed E-state index contributed by atoms with van der Waals surface area (Å²) < 4.78 is 19.8. The van der Waals surface area contributed by atoms with Crippen LogP contribution in [0.4, 0.5) is 0 Å². The molecular formula is C2H4N2O2S. The normalized spacial score (nSPS) is 10.3. The SMILES string of the molecule is N=CS(=O)(=O)C=N. The number of rotatable bonds is 2. The Labute approximate surface area is 41.1 Å². The average Bonchev–Trinajstić information content (AvgIpc) is 1.68. The summed E-state index contributed by atoms with van der Waals surface area (Å²) in [5.41, 5.74) is 0.444. The van der Waals surface area contributed by atoms with Crippen LogP contribution < -0.4 is 0 Å². The largest absolute Gasteiger partial charge is 0.296 e. The number of sulfone groups is 1. The van der Waals surface area contributed by atoms with Gasteiger partial charge in [0.25, 0.3) is 0 Å². The highest BCUT2D eigenvalue weighted by atomic mass is 32.2. The van der Waals surface area contributed by atoms with Crippen LogP contribution in [0.5, 0.6) is 0 Å². The van der Waals surface area contributed by atoms with Gasteiger partial charge in [-0.25, -0.2) is 8.42 Å². The van der Waals surface area contributed by atoms with E-state index in [2.05, 4.69) is 0 Å². The van der Waals surface area contributed by atoms with Gasteiger partial charge in [0.2, 0.25) is 9.84 Å². The van der Waals surface area contributed by atoms with Gasteiger partial charge in [0.15, 0.2) is 0 Å². The third-order valence-electron chi connectivity index (χ3n) is 0.329. The molecular weight excluding hydrogens is 116 g/mol. The van der Waals surface area contributed by atoms with Gasteiger partial charge in [-0.1, -0.05) is 0 Å². The van der Waals surface area contributed by atoms with Gasteiger partial charge in [0, 0.05) is 0 Å². The highest BCUT2D eigenvalue weighted by Gasteiger charge is 1.94. The van der Waals surface area contributed by atoms with Crippen LogP contribution >= 0.6 is 0 Å². The second-order valence-corrected chi connectivity index (χ2v) is 2.47. The Kier molecular flexibility index (Phi) is 1.65. The van der Waals surface area contributed by atoms with E-state index in [1.54, 1.807) is 0 Å². The third-order valence-corrected chi connectivity index (χ3v) is 0.986. The van der Waals surface area contributed by atoms with Crippen molar-refractivity contribution in [3.05, 3.63) is 0 Å². The summed E-state index contributed by atoms with van der Waals surface area (Å²) in [7, 11) is -3.57. The summed E-state index contributed by atoms with van der Waals surface area (Å²) in [6.45, 7) is 0. The Morgan fingerprint density at radius 3 is 1.43 bits per heavy atom. The topological polar surface area (TPSA) is 81.8 Å². The van der Waals surface area contributed by atoms with E-state index < -0.39 is 9.84 Å². The lowest BCUT2D eigenvalue weighted by Gasteiger charge is -1.75. The molecule has 0 aliphatic rings. The summed E-state index contributed by atoms with van der Waals surface area (Å²) >= 11 is 0. The minimum Gasteiger partial charge on any atom is -0.296 e. The molecule has 0 spiro atoms. The molecule has 0 saturated heterocycles. The first-order chi connectivity index (χ1) is 3.12. The smallest absolute Gasteiger partial charge is 0.225 e. The van der Waals surface area contributed by atoms with E-state index in [-0.39, 0.29) is 11.1 Å². The maximum atomic E-state index is 9.88. The molecule has 0 unspecified atom stereocenters. The van der Waals surface area contributed by atoms with Gasteiger partial charge < -0.3 is 0 Å². The molecule has 0 bridgehead atoms. The molecule has 0 heterocycles. The van der Waals surface area contributed by atoms with Crippen molar-refractivity contribution in [3.63, 3.8) is 0 Å². The minimum atomic E-state index is -3.57. The highest BCUT2D eigenvalue weighted by molar-refractivity contribution is 8.15. The van der Waals surface area contributed by atoms with Gasteiger partial charge in [-0.2, -0.15) is 0 Å². The lowest BCUT2D eigenvalue weighted by molar-refractivity contribution is 0.618. The van der Waals surface area contributed by atoms with Gasteiger partial charge in [-0.3, -0.25) is 10.8 Å². The van der Waals surface area contributed by atoms with Crippen LogP contribution in [-0.4, -0.2) is 19.5 Å². The van der Waals surface area contributed by atoms with E-state index in [4.69, 9.17) is 10.8 Å². The summed E-state index contributed by atoms with van der Waals surface area (Å²) in [5, 5.41) is 12.3. The van der Waals surface area contributed by atoms with Crippen LogP contribution in [0.3, 0.4) is 0 Å². The van der Waals surface area contributed by atoms with Crippen LogP contribution in [0.2, 0.25) is 0 Å². The second kappa shape index (κ2) is 1.83. The fraction of sp³-hybridized carbons (Fsp3) is 0. The molecule has 0 aliphatic heterocycles.